The van der Waals surface area contributed by atoms with Crippen LogP contribution in [-0.4, -0.2) is 42.4 Å². The first-order chi connectivity index (χ1) is 10.5. The monoisotopic (exact) mass is 322 g/mol. The third-order valence-corrected chi connectivity index (χ3v) is 3.17. The maximum Gasteiger partial charge on any atom is 0.360 e. The molecule has 0 bridgehead atoms. The van der Waals surface area contributed by atoms with E-state index in [9.17, 15) is 14.9 Å². The van der Waals surface area contributed by atoms with E-state index in [0.29, 0.717) is 5.69 Å². The van der Waals surface area contributed by atoms with Crippen LogP contribution in [-0.2, 0) is 4.74 Å². The van der Waals surface area contributed by atoms with Gasteiger partial charge in [-0.05, 0) is 0 Å². The summed E-state index contributed by atoms with van der Waals surface area (Å²) in [5.41, 5.74) is 0.442. The standard InChI is InChI=1S/C11H7ClN6O4/c1-22-11(19)9-8(12)10-13-2-6(4-17(10)15-9)16-5-7(3-14-16)18(20)21/h2-5H,1H3. The van der Waals surface area contributed by atoms with Gasteiger partial charge in [0.15, 0.2) is 11.3 Å². The molecule has 0 unspecified atom stereocenters. The van der Waals surface area contributed by atoms with Crippen molar-refractivity contribution in [3.05, 3.63) is 45.6 Å². The Morgan fingerprint density at radius 2 is 2.18 bits per heavy atom. The molecule has 0 saturated carbocycles. The summed E-state index contributed by atoms with van der Waals surface area (Å²) in [7, 11) is 1.21. The van der Waals surface area contributed by atoms with Gasteiger partial charge in [0.1, 0.15) is 23.1 Å². The predicted molar refractivity (Wildman–Crippen MR) is 73.1 cm³/mol. The van der Waals surface area contributed by atoms with Gasteiger partial charge in [0.2, 0.25) is 0 Å². The number of aromatic nitrogens is 5. The molecule has 0 aliphatic heterocycles. The zero-order valence-electron chi connectivity index (χ0n) is 11.0. The first-order valence-electron chi connectivity index (χ1n) is 5.83. The molecule has 0 saturated heterocycles. The lowest BCUT2D eigenvalue weighted by Gasteiger charge is -2.00. The minimum Gasteiger partial charge on any atom is -0.464 e. The lowest BCUT2D eigenvalue weighted by Crippen LogP contribution is -2.03. The van der Waals surface area contributed by atoms with Crippen molar-refractivity contribution in [2.75, 3.05) is 7.11 Å². The zero-order chi connectivity index (χ0) is 15.9. The van der Waals surface area contributed by atoms with E-state index in [1.165, 1.54) is 34.9 Å². The van der Waals surface area contributed by atoms with Gasteiger partial charge in [0.25, 0.3) is 0 Å². The summed E-state index contributed by atoms with van der Waals surface area (Å²) in [5.74, 6) is -0.688. The Morgan fingerprint density at radius 1 is 1.41 bits per heavy atom. The first kappa shape index (κ1) is 13.9. The van der Waals surface area contributed by atoms with Crippen molar-refractivity contribution in [2.24, 2.45) is 0 Å². The van der Waals surface area contributed by atoms with E-state index in [1.54, 1.807) is 0 Å². The Bertz CT molecular complexity index is 901. The highest BCUT2D eigenvalue weighted by Gasteiger charge is 2.20. The quantitative estimate of drug-likeness (QED) is 0.404. The maximum absolute atomic E-state index is 11.5. The van der Waals surface area contributed by atoms with Crippen molar-refractivity contribution in [3.8, 4) is 5.69 Å². The number of fused-ring (bicyclic) bond motifs is 1. The van der Waals surface area contributed by atoms with E-state index in [1.807, 2.05) is 0 Å². The van der Waals surface area contributed by atoms with E-state index in [-0.39, 0.29) is 22.1 Å². The number of rotatable bonds is 3. The lowest BCUT2D eigenvalue weighted by atomic mass is 10.4. The predicted octanol–water partition coefficient (Wildman–Crippen LogP) is 1.26. The molecule has 0 radical (unpaired) electrons. The third-order valence-electron chi connectivity index (χ3n) is 2.83. The third kappa shape index (κ3) is 2.15. The second kappa shape index (κ2) is 5.07. The Kier molecular flexibility index (Phi) is 3.22. The number of nitrogens with zero attached hydrogens (tertiary/aromatic N) is 6. The molecule has 112 valence electrons. The van der Waals surface area contributed by atoms with Crippen LogP contribution in [0.4, 0.5) is 5.69 Å². The number of carbonyl (C=O) groups is 1. The van der Waals surface area contributed by atoms with Gasteiger partial charge in [-0.25, -0.2) is 19.0 Å². The van der Waals surface area contributed by atoms with Crippen molar-refractivity contribution < 1.29 is 14.5 Å². The molecule has 0 amide bonds. The number of hydrogen-bond donors (Lipinski definition) is 0. The average molecular weight is 323 g/mol. The summed E-state index contributed by atoms with van der Waals surface area (Å²) in [6.07, 6.45) is 5.23. The number of carbonyl (C=O) groups excluding carboxylic acids is 1. The van der Waals surface area contributed by atoms with Crippen LogP contribution in [0.15, 0.2) is 24.8 Å². The fourth-order valence-corrected chi connectivity index (χ4v) is 2.04. The molecule has 3 heterocycles. The molecule has 10 nitrogen and oxygen atoms in total. The molecule has 0 aliphatic carbocycles. The van der Waals surface area contributed by atoms with Gasteiger partial charge in [-0.2, -0.15) is 10.2 Å². The van der Waals surface area contributed by atoms with Gasteiger partial charge < -0.3 is 4.74 Å². The molecule has 3 aromatic rings. The minimum absolute atomic E-state index is 0.0600. The van der Waals surface area contributed by atoms with Crippen molar-refractivity contribution >= 4 is 28.9 Å². The summed E-state index contributed by atoms with van der Waals surface area (Å²) in [4.78, 5) is 25.7. The number of esters is 1. The number of methoxy groups -OCH3 is 1. The van der Waals surface area contributed by atoms with Gasteiger partial charge in [-0.3, -0.25) is 10.1 Å². The van der Waals surface area contributed by atoms with Crippen molar-refractivity contribution in [1.82, 2.24) is 24.4 Å². The molecule has 0 aromatic carbocycles. The Labute approximate surface area is 127 Å². The van der Waals surface area contributed by atoms with Gasteiger partial charge >= 0.3 is 11.7 Å². The highest BCUT2D eigenvalue weighted by molar-refractivity contribution is 6.36. The number of ether oxygens (including phenoxy) is 1. The van der Waals surface area contributed by atoms with Crippen molar-refractivity contribution in [3.63, 3.8) is 0 Å². The van der Waals surface area contributed by atoms with E-state index in [2.05, 4.69) is 19.9 Å². The van der Waals surface area contributed by atoms with Gasteiger partial charge in [0.05, 0.1) is 24.4 Å². The zero-order valence-corrected chi connectivity index (χ0v) is 11.8. The minimum atomic E-state index is -0.688. The number of hydrogen-bond acceptors (Lipinski definition) is 7. The van der Waals surface area contributed by atoms with Gasteiger partial charge in [0, 0.05) is 0 Å². The van der Waals surface area contributed by atoms with Crippen LogP contribution in [0.2, 0.25) is 5.02 Å². The normalized spacial score (nSPS) is 10.8. The largest absolute Gasteiger partial charge is 0.464 e. The molecule has 3 aromatic heterocycles. The van der Waals surface area contributed by atoms with E-state index in [4.69, 9.17) is 11.6 Å². The van der Waals surface area contributed by atoms with E-state index >= 15 is 0 Å². The van der Waals surface area contributed by atoms with E-state index < -0.39 is 10.9 Å². The summed E-state index contributed by atoms with van der Waals surface area (Å²) in [5, 5.41) is 18.6. The highest BCUT2D eigenvalue weighted by atomic mass is 35.5. The Morgan fingerprint density at radius 3 is 2.82 bits per heavy atom. The molecule has 0 spiro atoms. The summed E-state index contributed by atoms with van der Waals surface area (Å²) < 4.78 is 7.11. The lowest BCUT2D eigenvalue weighted by molar-refractivity contribution is -0.384. The summed E-state index contributed by atoms with van der Waals surface area (Å²) in [6, 6.07) is 0. The van der Waals surface area contributed by atoms with Gasteiger partial charge in [-0.1, -0.05) is 11.6 Å². The smallest absolute Gasteiger partial charge is 0.360 e. The first-order valence-corrected chi connectivity index (χ1v) is 6.20. The second-order valence-corrected chi connectivity index (χ2v) is 4.51. The van der Waals surface area contributed by atoms with Gasteiger partial charge in [-0.15, -0.1) is 0 Å². The Hall–Kier alpha value is -3.01. The van der Waals surface area contributed by atoms with Crippen molar-refractivity contribution in [1.29, 1.82) is 0 Å². The molecular formula is C11H7ClN6O4. The number of halogens is 1. The van der Waals surface area contributed by atoms with Crippen LogP contribution in [0.1, 0.15) is 10.5 Å². The molecule has 3 rings (SSSR count). The topological polar surface area (TPSA) is 117 Å². The molecular weight excluding hydrogens is 316 g/mol. The molecule has 0 atom stereocenters. The molecule has 22 heavy (non-hydrogen) atoms. The SMILES string of the molecule is COC(=O)c1nn2cc(-n3cc([N+](=O)[O-])cn3)cnc2c1Cl. The molecule has 11 heteroatoms. The highest BCUT2D eigenvalue weighted by Crippen LogP contribution is 2.22. The average Bonchev–Trinajstić information content (AvgIpc) is 3.12. The van der Waals surface area contributed by atoms with Crippen LogP contribution in [0.25, 0.3) is 11.3 Å². The maximum atomic E-state index is 11.5. The van der Waals surface area contributed by atoms with Crippen LogP contribution in [0.3, 0.4) is 0 Å². The van der Waals surface area contributed by atoms with Crippen LogP contribution >= 0.6 is 11.6 Å². The molecule has 0 fully saturated rings. The van der Waals surface area contributed by atoms with Crippen LogP contribution < -0.4 is 0 Å². The fourth-order valence-electron chi connectivity index (χ4n) is 1.79. The Balaban J connectivity index is 2.09. The fraction of sp³-hybridized carbons (Fsp3) is 0.0909. The molecule has 0 aliphatic rings. The summed E-state index contributed by atoms with van der Waals surface area (Å²) >= 11 is 6.02. The van der Waals surface area contributed by atoms with Crippen LogP contribution in [0, 0.1) is 10.1 Å². The summed E-state index contributed by atoms with van der Waals surface area (Å²) in [6.45, 7) is 0. The second-order valence-electron chi connectivity index (χ2n) is 4.13. The van der Waals surface area contributed by atoms with Crippen LogP contribution in [0.5, 0.6) is 0 Å². The van der Waals surface area contributed by atoms with E-state index in [0.717, 1.165) is 6.20 Å². The number of nitro groups is 1. The molecule has 0 N–H and O–H groups in total. The van der Waals surface area contributed by atoms with Crippen molar-refractivity contribution in [2.45, 2.75) is 0 Å².